The van der Waals surface area contributed by atoms with E-state index in [2.05, 4.69) is 22.8 Å². The van der Waals surface area contributed by atoms with Crippen LogP contribution >= 0.6 is 0 Å². The summed E-state index contributed by atoms with van der Waals surface area (Å²) in [5.41, 5.74) is 0.555. The zero-order valence-electron chi connectivity index (χ0n) is 15.2. The van der Waals surface area contributed by atoms with Crippen molar-refractivity contribution < 1.29 is 19.1 Å². The van der Waals surface area contributed by atoms with E-state index in [9.17, 15) is 14.4 Å². The SMILES string of the molecule is COc1ccccc1NC(=O)NCCN1C(=O)[C@H]2[C@H](C1=O)[C@H]1C=C[C@H]2CC1. The number of carbonyl (C=O) groups excluding carboxylic acids is 3. The molecule has 1 aromatic carbocycles. The number of benzene rings is 1. The Bertz CT molecular complexity index is 774. The fourth-order valence-electron chi connectivity index (χ4n) is 4.55. The molecule has 0 aromatic heterocycles. The van der Waals surface area contributed by atoms with Crippen LogP contribution in [0, 0.1) is 23.7 Å². The van der Waals surface area contributed by atoms with Gasteiger partial charge < -0.3 is 15.4 Å². The number of nitrogens with zero attached hydrogens (tertiary/aromatic N) is 1. The first-order valence-corrected chi connectivity index (χ1v) is 9.31. The van der Waals surface area contributed by atoms with E-state index in [-0.39, 0.29) is 48.6 Å². The molecule has 2 bridgehead atoms. The van der Waals surface area contributed by atoms with Crippen molar-refractivity contribution in [2.75, 3.05) is 25.5 Å². The van der Waals surface area contributed by atoms with Crippen LogP contribution in [0.3, 0.4) is 0 Å². The quantitative estimate of drug-likeness (QED) is 0.614. The van der Waals surface area contributed by atoms with Crippen LogP contribution in [0.1, 0.15) is 12.8 Å². The molecule has 27 heavy (non-hydrogen) atoms. The highest BCUT2D eigenvalue weighted by molar-refractivity contribution is 6.06. The van der Waals surface area contributed by atoms with Gasteiger partial charge in [0.05, 0.1) is 24.6 Å². The lowest BCUT2D eigenvalue weighted by molar-refractivity contribution is -0.140. The molecule has 2 fully saturated rings. The second-order valence-corrected chi connectivity index (χ2v) is 7.25. The number of hydrogen-bond donors (Lipinski definition) is 2. The molecule has 1 heterocycles. The van der Waals surface area contributed by atoms with Crippen LogP contribution in [0.5, 0.6) is 5.75 Å². The summed E-state index contributed by atoms with van der Waals surface area (Å²) in [4.78, 5) is 38.9. The van der Waals surface area contributed by atoms with Gasteiger partial charge in [0.2, 0.25) is 11.8 Å². The number of anilines is 1. The molecule has 4 aliphatic rings. The molecule has 0 radical (unpaired) electrons. The zero-order chi connectivity index (χ0) is 19.0. The molecule has 0 spiro atoms. The second-order valence-electron chi connectivity index (χ2n) is 7.25. The lowest BCUT2D eigenvalue weighted by atomic mass is 9.63. The number of para-hydroxylation sites is 2. The number of methoxy groups -OCH3 is 1. The Kier molecular flexibility index (Phi) is 4.59. The highest BCUT2D eigenvalue weighted by Crippen LogP contribution is 2.49. The smallest absolute Gasteiger partial charge is 0.319 e. The summed E-state index contributed by atoms with van der Waals surface area (Å²) in [6.07, 6.45) is 6.16. The zero-order valence-corrected chi connectivity index (χ0v) is 15.2. The summed E-state index contributed by atoms with van der Waals surface area (Å²) >= 11 is 0. The Morgan fingerprint density at radius 2 is 1.74 bits per heavy atom. The third kappa shape index (κ3) is 3.07. The summed E-state index contributed by atoms with van der Waals surface area (Å²) in [5.74, 6) is 0.343. The molecule has 3 aliphatic carbocycles. The maximum absolute atomic E-state index is 12.7. The number of imide groups is 1. The van der Waals surface area contributed by atoms with E-state index < -0.39 is 6.03 Å². The molecule has 1 saturated carbocycles. The molecular weight excluding hydrogens is 346 g/mol. The third-order valence-electron chi connectivity index (χ3n) is 5.83. The number of allylic oxidation sites excluding steroid dienone is 2. The average Bonchev–Trinajstić information content (AvgIpc) is 2.96. The maximum atomic E-state index is 12.7. The first kappa shape index (κ1) is 17.6. The molecule has 4 atom stereocenters. The van der Waals surface area contributed by atoms with Crippen molar-refractivity contribution in [1.82, 2.24) is 10.2 Å². The number of likely N-dealkylation sites (tertiary alicyclic amines) is 1. The van der Waals surface area contributed by atoms with Crippen molar-refractivity contribution in [2.24, 2.45) is 23.7 Å². The van der Waals surface area contributed by atoms with Gasteiger partial charge in [-0.05, 0) is 36.8 Å². The Labute approximate surface area is 157 Å². The molecule has 7 heteroatoms. The van der Waals surface area contributed by atoms with Gasteiger partial charge in [0.15, 0.2) is 0 Å². The Morgan fingerprint density at radius 3 is 2.33 bits per heavy atom. The predicted octanol–water partition coefficient (Wildman–Crippen LogP) is 2.01. The summed E-state index contributed by atoms with van der Waals surface area (Å²) in [7, 11) is 1.53. The standard InChI is InChI=1S/C20H23N3O4/c1-27-15-5-3-2-4-14(15)22-20(26)21-10-11-23-18(24)16-12-6-7-13(9-8-12)17(16)19(23)25/h2-7,12-13,16-17H,8-11H2,1H3,(H2,21,22,26)/t12-,13-,16+,17+/m0/s1. The van der Waals surface area contributed by atoms with Gasteiger partial charge >= 0.3 is 6.03 Å². The first-order chi connectivity index (χ1) is 13.1. The predicted molar refractivity (Wildman–Crippen MR) is 99.1 cm³/mol. The van der Waals surface area contributed by atoms with Crippen molar-refractivity contribution in [2.45, 2.75) is 12.8 Å². The summed E-state index contributed by atoms with van der Waals surface area (Å²) in [6.45, 7) is 0.407. The lowest BCUT2D eigenvalue weighted by Crippen LogP contribution is -2.40. The van der Waals surface area contributed by atoms with Gasteiger partial charge in [0.1, 0.15) is 5.75 Å². The van der Waals surface area contributed by atoms with Crippen LogP contribution in [0.25, 0.3) is 0 Å². The molecule has 7 nitrogen and oxygen atoms in total. The molecule has 1 saturated heterocycles. The molecular formula is C20H23N3O4. The number of hydrogen-bond acceptors (Lipinski definition) is 4. The van der Waals surface area contributed by atoms with E-state index in [0.717, 1.165) is 12.8 Å². The van der Waals surface area contributed by atoms with Gasteiger partial charge in [0.25, 0.3) is 0 Å². The highest BCUT2D eigenvalue weighted by Gasteiger charge is 2.56. The van der Waals surface area contributed by atoms with Crippen LogP contribution in [-0.2, 0) is 9.59 Å². The third-order valence-corrected chi connectivity index (χ3v) is 5.83. The number of amides is 4. The lowest BCUT2D eigenvalue weighted by Gasteiger charge is -2.38. The first-order valence-electron chi connectivity index (χ1n) is 9.31. The van der Waals surface area contributed by atoms with Crippen molar-refractivity contribution >= 4 is 23.5 Å². The summed E-state index contributed by atoms with van der Waals surface area (Å²) < 4.78 is 5.19. The van der Waals surface area contributed by atoms with Gasteiger partial charge in [0, 0.05) is 13.1 Å². The molecule has 5 rings (SSSR count). The number of urea groups is 1. The van der Waals surface area contributed by atoms with Crippen LogP contribution in [0.4, 0.5) is 10.5 Å². The summed E-state index contributed by atoms with van der Waals surface area (Å²) in [6, 6.07) is 6.69. The molecule has 142 valence electrons. The van der Waals surface area contributed by atoms with Gasteiger partial charge in [-0.3, -0.25) is 14.5 Å². The topological polar surface area (TPSA) is 87.7 Å². The molecule has 0 unspecified atom stereocenters. The van der Waals surface area contributed by atoms with Crippen LogP contribution in [0.2, 0.25) is 0 Å². The molecule has 1 aliphatic heterocycles. The fraction of sp³-hybridized carbons (Fsp3) is 0.450. The number of carbonyl (C=O) groups is 3. The van der Waals surface area contributed by atoms with Gasteiger partial charge in [-0.1, -0.05) is 24.3 Å². The molecule has 2 N–H and O–H groups in total. The highest BCUT2D eigenvalue weighted by atomic mass is 16.5. The second kappa shape index (κ2) is 7.06. The van der Waals surface area contributed by atoms with E-state index >= 15 is 0 Å². The van der Waals surface area contributed by atoms with Crippen molar-refractivity contribution in [3.8, 4) is 5.75 Å². The summed E-state index contributed by atoms with van der Waals surface area (Å²) in [5, 5.41) is 5.41. The fourth-order valence-corrected chi connectivity index (χ4v) is 4.55. The van der Waals surface area contributed by atoms with E-state index in [1.807, 2.05) is 6.07 Å². The van der Waals surface area contributed by atoms with Crippen molar-refractivity contribution in [3.05, 3.63) is 36.4 Å². The largest absolute Gasteiger partial charge is 0.495 e. The van der Waals surface area contributed by atoms with Crippen molar-refractivity contribution in [1.29, 1.82) is 0 Å². The van der Waals surface area contributed by atoms with E-state index in [1.165, 1.54) is 12.0 Å². The van der Waals surface area contributed by atoms with E-state index in [1.54, 1.807) is 18.2 Å². The number of nitrogens with one attached hydrogen (secondary N) is 2. The van der Waals surface area contributed by atoms with E-state index in [4.69, 9.17) is 4.74 Å². The van der Waals surface area contributed by atoms with Crippen LogP contribution in [0.15, 0.2) is 36.4 Å². The average molecular weight is 369 g/mol. The maximum Gasteiger partial charge on any atom is 0.319 e. The number of fused-ring (bicyclic) bond motifs is 1. The number of rotatable bonds is 5. The van der Waals surface area contributed by atoms with Crippen LogP contribution < -0.4 is 15.4 Å². The normalized spacial score (nSPS) is 28.3. The van der Waals surface area contributed by atoms with Gasteiger partial charge in [-0.2, -0.15) is 0 Å². The Morgan fingerprint density at radius 1 is 1.11 bits per heavy atom. The monoisotopic (exact) mass is 369 g/mol. The van der Waals surface area contributed by atoms with Gasteiger partial charge in [-0.15, -0.1) is 0 Å². The minimum atomic E-state index is -0.405. The van der Waals surface area contributed by atoms with E-state index in [0.29, 0.717) is 11.4 Å². The van der Waals surface area contributed by atoms with Gasteiger partial charge in [-0.25, -0.2) is 4.79 Å². The Balaban J connectivity index is 1.32. The molecule has 1 aromatic rings. The minimum absolute atomic E-state index is 0.0870. The number of ether oxygens (including phenoxy) is 1. The minimum Gasteiger partial charge on any atom is -0.495 e. The molecule has 4 amide bonds. The van der Waals surface area contributed by atoms with Crippen LogP contribution in [-0.4, -0.2) is 42.9 Å². The van der Waals surface area contributed by atoms with Crippen molar-refractivity contribution in [3.63, 3.8) is 0 Å². The Hall–Kier alpha value is -2.83.